The van der Waals surface area contributed by atoms with Gasteiger partial charge < -0.3 is 19.8 Å². The summed E-state index contributed by atoms with van der Waals surface area (Å²) in [6.45, 7) is 0.473. The van der Waals surface area contributed by atoms with E-state index in [1.807, 2.05) is 12.1 Å². The fraction of sp³-hybridized carbons (Fsp3) is 0.286. The first-order chi connectivity index (χ1) is 14.4. The molecule has 158 valence electrons. The number of nitrogens with zero attached hydrogens (tertiary/aromatic N) is 1. The van der Waals surface area contributed by atoms with Gasteiger partial charge in [0.2, 0.25) is 5.91 Å². The van der Waals surface area contributed by atoms with Crippen LogP contribution in [0.5, 0.6) is 11.5 Å². The molecule has 2 N–H and O–H groups in total. The number of H-pyrrole nitrogens is 1. The van der Waals surface area contributed by atoms with Crippen molar-refractivity contribution in [1.82, 2.24) is 14.9 Å². The molecule has 0 unspecified atom stereocenters. The van der Waals surface area contributed by atoms with E-state index in [4.69, 9.17) is 21.1 Å². The molecule has 3 aromatic rings. The first kappa shape index (κ1) is 21.4. The number of rotatable bonds is 8. The van der Waals surface area contributed by atoms with E-state index in [9.17, 15) is 14.4 Å². The Labute approximate surface area is 177 Å². The molecular weight excluding hydrogens is 410 g/mol. The van der Waals surface area contributed by atoms with E-state index in [0.717, 1.165) is 10.1 Å². The van der Waals surface area contributed by atoms with Crippen molar-refractivity contribution in [3.8, 4) is 11.5 Å². The van der Waals surface area contributed by atoms with Crippen molar-refractivity contribution in [3.05, 3.63) is 67.8 Å². The highest BCUT2D eigenvalue weighted by Crippen LogP contribution is 2.29. The zero-order valence-corrected chi connectivity index (χ0v) is 17.4. The van der Waals surface area contributed by atoms with Crippen LogP contribution in [0.3, 0.4) is 0 Å². The van der Waals surface area contributed by atoms with Crippen molar-refractivity contribution < 1.29 is 14.3 Å². The lowest BCUT2D eigenvalue weighted by molar-refractivity contribution is -0.121. The number of hydrogen-bond acceptors (Lipinski definition) is 5. The second-order valence-corrected chi connectivity index (χ2v) is 7.09. The van der Waals surface area contributed by atoms with Crippen LogP contribution in [0.4, 0.5) is 0 Å². The van der Waals surface area contributed by atoms with Crippen LogP contribution in [-0.2, 0) is 17.9 Å². The smallest absolute Gasteiger partial charge is 0.328 e. The molecule has 3 rings (SSSR count). The molecule has 9 heteroatoms. The predicted molar refractivity (Wildman–Crippen MR) is 114 cm³/mol. The quantitative estimate of drug-likeness (QED) is 0.570. The minimum absolute atomic E-state index is 0.114. The van der Waals surface area contributed by atoms with Crippen molar-refractivity contribution in [2.45, 2.75) is 25.9 Å². The number of carbonyl (C=O) groups is 1. The Balaban J connectivity index is 1.67. The Bertz CT molecular complexity index is 1190. The largest absolute Gasteiger partial charge is 0.493 e. The van der Waals surface area contributed by atoms with Crippen LogP contribution in [0, 0.1) is 0 Å². The number of ether oxygens (including phenoxy) is 2. The highest BCUT2D eigenvalue weighted by molar-refractivity contribution is 6.30. The fourth-order valence-corrected chi connectivity index (χ4v) is 3.33. The van der Waals surface area contributed by atoms with E-state index >= 15 is 0 Å². The Morgan fingerprint density at radius 2 is 1.87 bits per heavy atom. The molecule has 0 saturated heterocycles. The summed E-state index contributed by atoms with van der Waals surface area (Å²) in [6.07, 6.45) is 0.513. The van der Waals surface area contributed by atoms with E-state index in [1.165, 1.54) is 20.3 Å². The third kappa shape index (κ3) is 4.83. The summed E-state index contributed by atoms with van der Waals surface area (Å²) < 4.78 is 11.5. The zero-order valence-electron chi connectivity index (χ0n) is 16.7. The summed E-state index contributed by atoms with van der Waals surface area (Å²) in [4.78, 5) is 39.9. The van der Waals surface area contributed by atoms with E-state index in [2.05, 4.69) is 10.3 Å². The summed E-state index contributed by atoms with van der Waals surface area (Å²) in [5, 5.41) is 3.70. The third-order valence-corrected chi connectivity index (χ3v) is 4.89. The maximum absolute atomic E-state index is 12.8. The second kappa shape index (κ2) is 9.49. The van der Waals surface area contributed by atoms with Crippen molar-refractivity contribution in [1.29, 1.82) is 0 Å². The average molecular weight is 432 g/mol. The van der Waals surface area contributed by atoms with Crippen LogP contribution in [0.1, 0.15) is 18.4 Å². The van der Waals surface area contributed by atoms with Gasteiger partial charge in [-0.05, 0) is 30.2 Å². The number of carbonyl (C=O) groups excluding carboxylic acids is 1. The van der Waals surface area contributed by atoms with Crippen LogP contribution < -0.4 is 26.0 Å². The van der Waals surface area contributed by atoms with E-state index in [1.54, 1.807) is 18.2 Å². The molecule has 8 nitrogen and oxygen atoms in total. The standard InChI is InChI=1S/C21H22ClN3O5/c1-29-17-10-15-16(11-18(17)30-2)24-21(28)25(20(15)27)8-4-7-19(26)23-12-13-5-3-6-14(22)9-13/h3,5-6,9-11H,4,7-8,12H2,1-2H3,(H,23,26)(H,24,28). The normalized spacial score (nSPS) is 10.8. The summed E-state index contributed by atoms with van der Waals surface area (Å²) in [5.41, 5.74) is 0.258. The molecule has 1 amide bonds. The number of nitrogens with one attached hydrogen (secondary N) is 2. The van der Waals surface area contributed by atoms with Gasteiger partial charge in [0.25, 0.3) is 5.56 Å². The van der Waals surface area contributed by atoms with E-state index in [0.29, 0.717) is 40.4 Å². The molecule has 0 aliphatic carbocycles. The van der Waals surface area contributed by atoms with Gasteiger partial charge in [-0.3, -0.25) is 14.2 Å². The number of benzene rings is 2. The maximum Gasteiger partial charge on any atom is 0.328 e. The Kier molecular flexibility index (Phi) is 6.79. The SMILES string of the molecule is COc1cc2[nH]c(=O)n(CCCC(=O)NCc3cccc(Cl)c3)c(=O)c2cc1OC. The van der Waals surface area contributed by atoms with Crippen molar-refractivity contribution in [2.75, 3.05) is 14.2 Å². The molecule has 1 heterocycles. The molecule has 0 bridgehead atoms. The van der Waals surface area contributed by atoms with Crippen LogP contribution >= 0.6 is 11.6 Å². The Morgan fingerprint density at radius 1 is 1.13 bits per heavy atom. The molecule has 0 saturated carbocycles. The Morgan fingerprint density at radius 3 is 2.57 bits per heavy atom. The molecule has 0 atom stereocenters. The van der Waals surface area contributed by atoms with Gasteiger partial charge in [0, 0.05) is 30.6 Å². The number of aromatic amines is 1. The fourth-order valence-electron chi connectivity index (χ4n) is 3.12. The number of hydrogen-bond donors (Lipinski definition) is 2. The van der Waals surface area contributed by atoms with Crippen LogP contribution in [0.25, 0.3) is 10.9 Å². The minimum atomic E-state index is -0.543. The maximum atomic E-state index is 12.8. The number of halogens is 1. The third-order valence-electron chi connectivity index (χ3n) is 4.65. The van der Waals surface area contributed by atoms with Crippen LogP contribution in [-0.4, -0.2) is 29.7 Å². The first-order valence-corrected chi connectivity index (χ1v) is 9.70. The van der Waals surface area contributed by atoms with Gasteiger partial charge >= 0.3 is 5.69 Å². The number of amides is 1. The van der Waals surface area contributed by atoms with Gasteiger partial charge in [0.05, 0.1) is 25.1 Å². The van der Waals surface area contributed by atoms with Crippen LogP contribution in [0.2, 0.25) is 5.02 Å². The zero-order chi connectivity index (χ0) is 21.7. The molecule has 1 aromatic heterocycles. The topological polar surface area (TPSA) is 102 Å². The van der Waals surface area contributed by atoms with Gasteiger partial charge in [-0.2, -0.15) is 0 Å². The highest BCUT2D eigenvalue weighted by atomic mass is 35.5. The van der Waals surface area contributed by atoms with Crippen molar-refractivity contribution in [3.63, 3.8) is 0 Å². The monoisotopic (exact) mass is 431 g/mol. The van der Waals surface area contributed by atoms with Gasteiger partial charge in [-0.1, -0.05) is 23.7 Å². The number of aromatic nitrogens is 2. The Hall–Kier alpha value is -3.26. The molecule has 0 radical (unpaired) electrons. The van der Waals surface area contributed by atoms with E-state index in [-0.39, 0.29) is 18.9 Å². The van der Waals surface area contributed by atoms with Crippen LogP contribution in [0.15, 0.2) is 46.0 Å². The average Bonchev–Trinajstić information content (AvgIpc) is 2.73. The number of methoxy groups -OCH3 is 2. The molecule has 0 spiro atoms. The molecule has 2 aromatic carbocycles. The molecule has 30 heavy (non-hydrogen) atoms. The van der Waals surface area contributed by atoms with Gasteiger partial charge in [0.15, 0.2) is 11.5 Å². The van der Waals surface area contributed by atoms with Gasteiger partial charge in [0.1, 0.15) is 0 Å². The molecular formula is C21H22ClN3O5. The second-order valence-electron chi connectivity index (χ2n) is 6.65. The summed E-state index contributed by atoms with van der Waals surface area (Å²) in [5.74, 6) is 0.627. The van der Waals surface area contributed by atoms with Crippen molar-refractivity contribution >= 4 is 28.4 Å². The molecule has 0 aliphatic heterocycles. The summed E-state index contributed by atoms with van der Waals surface area (Å²) in [7, 11) is 2.94. The van der Waals surface area contributed by atoms with Crippen molar-refractivity contribution in [2.24, 2.45) is 0 Å². The summed E-state index contributed by atoms with van der Waals surface area (Å²) >= 11 is 5.93. The predicted octanol–water partition coefficient (Wildman–Crippen LogP) is 2.46. The van der Waals surface area contributed by atoms with Gasteiger partial charge in [-0.15, -0.1) is 0 Å². The lowest BCUT2D eigenvalue weighted by Crippen LogP contribution is -2.35. The minimum Gasteiger partial charge on any atom is -0.493 e. The lowest BCUT2D eigenvalue weighted by Gasteiger charge is -2.11. The van der Waals surface area contributed by atoms with Gasteiger partial charge in [-0.25, -0.2) is 4.79 Å². The highest BCUT2D eigenvalue weighted by Gasteiger charge is 2.13. The lowest BCUT2D eigenvalue weighted by atomic mass is 10.2. The number of fused-ring (bicyclic) bond motifs is 1. The summed E-state index contributed by atoms with van der Waals surface area (Å²) in [6, 6.07) is 10.3. The molecule has 0 fully saturated rings. The first-order valence-electron chi connectivity index (χ1n) is 9.33. The molecule has 0 aliphatic rings. The van der Waals surface area contributed by atoms with E-state index < -0.39 is 11.2 Å².